The van der Waals surface area contributed by atoms with Crippen LogP contribution in [0.1, 0.15) is 5.56 Å². The van der Waals surface area contributed by atoms with E-state index in [1.54, 1.807) is 6.26 Å². The summed E-state index contributed by atoms with van der Waals surface area (Å²) in [5, 5.41) is 0. The van der Waals surface area contributed by atoms with Crippen molar-refractivity contribution in [3.05, 3.63) is 42.2 Å². The maximum atomic E-state index is 5.24. The van der Waals surface area contributed by atoms with Crippen LogP contribution in [0.5, 0.6) is 5.75 Å². The number of hydrogen-bond donors (Lipinski definition) is 0. The van der Waals surface area contributed by atoms with Crippen LogP contribution in [0, 0.1) is 0 Å². The molecule has 0 unspecified atom stereocenters. The molecule has 1 aromatic rings. The Hall–Kier alpha value is 0.176. The van der Waals surface area contributed by atoms with Crippen LogP contribution in [0.2, 0.25) is 0 Å². The first-order valence-corrected chi connectivity index (χ1v) is 3.36. The molecule has 1 aromatic carbocycles. The van der Waals surface area contributed by atoms with Crippen molar-refractivity contribution in [2.24, 2.45) is 0 Å². The molecule has 0 saturated heterocycles. The van der Waals surface area contributed by atoms with Gasteiger partial charge in [-0.05, 0) is 24.1 Å². The van der Waals surface area contributed by atoms with Crippen molar-refractivity contribution in [3.8, 4) is 5.75 Å². The first-order valence-electron chi connectivity index (χ1n) is 3.36. The summed E-state index contributed by atoms with van der Waals surface area (Å²) in [6.45, 7) is 0. The summed E-state index contributed by atoms with van der Waals surface area (Å²) in [6.07, 6.45) is 4.75. The summed E-state index contributed by atoms with van der Waals surface area (Å²) >= 11 is 0. The average molecular weight is 398 g/mol. The second kappa shape index (κ2) is 5.76. The Labute approximate surface area is 102 Å². The number of benzene rings is 1. The molecule has 0 fully saturated rings. The fourth-order valence-electron chi connectivity index (χ4n) is 1.08. The predicted molar refractivity (Wildman–Crippen MR) is 45.7 cm³/mol. The topological polar surface area (TPSA) is 9.23 Å². The van der Waals surface area contributed by atoms with Crippen LogP contribution in [0.3, 0.4) is 0 Å². The minimum Gasteiger partial charge on any atom is -0.465 e. The monoisotopic (exact) mass is 398 g/mol. The van der Waals surface area contributed by atoms with Gasteiger partial charge in [0.1, 0.15) is 5.75 Å². The molecule has 12 heavy (non-hydrogen) atoms. The summed E-state index contributed by atoms with van der Waals surface area (Å²) < 4.78 is 5.24. The van der Waals surface area contributed by atoms with E-state index in [0.717, 1.165) is 12.2 Å². The van der Waals surface area contributed by atoms with Gasteiger partial charge in [-0.15, -0.1) is 0 Å². The molecule has 0 aliphatic carbocycles. The maximum absolute atomic E-state index is 5.24. The van der Waals surface area contributed by atoms with E-state index in [1.807, 2.05) is 24.3 Å². The van der Waals surface area contributed by atoms with Gasteiger partial charge < -0.3 is 4.74 Å². The van der Waals surface area contributed by atoms with E-state index in [-0.39, 0.29) is 43.8 Å². The van der Waals surface area contributed by atoms with Gasteiger partial charge in [-0.25, -0.2) is 0 Å². The molecule has 4 radical (unpaired) electrons. The third-order valence-corrected chi connectivity index (χ3v) is 1.60. The largest absolute Gasteiger partial charge is 0.465 e. The molecule has 0 aromatic heterocycles. The van der Waals surface area contributed by atoms with Crippen molar-refractivity contribution >= 4 is 27.3 Å². The maximum Gasteiger partial charge on any atom is 0.130 e. The number of allylic oxidation sites excluding steroid dienone is 1. The number of fused-ring (bicyclic) bond motifs is 1. The summed E-state index contributed by atoms with van der Waals surface area (Å²) in [5.74, 6) is 0.991. The molecule has 3 heteroatoms. The standard InChI is InChI=1S/C9H8O.Ni.Pb/c1-2-6-9-8(4-1)5-3-7-10-9;;/h1-4,6-7H,5H2;;. The molecule has 0 spiro atoms. The van der Waals surface area contributed by atoms with E-state index >= 15 is 0 Å². The van der Waals surface area contributed by atoms with Crippen LogP contribution >= 0.6 is 0 Å². The summed E-state index contributed by atoms with van der Waals surface area (Å²) in [4.78, 5) is 0. The Balaban J connectivity index is 0.000000605. The van der Waals surface area contributed by atoms with Crippen LogP contribution in [-0.2, 0) is 22.9 Å². The number of hydrogen-bond acceptors (Lipinski definition) is 1. The molecule has 2 rings (SSSR count). The number of ether oxygens (including phenoxy) is 1. The normalized spacial score (nSPS) is 11.7. The van der Waals surface area contributed by atoms with Gasteiger partial charge >= 0.3 is 0 Å². The summed E-state index contributed by atoms with van der Waals surface area (Å²) in [5.41, 5.74) is 1.27. The zero-order valence-corrected chi connectivity index (χ0v) is 11.3. The molecule has 0 amide bonds. The van der Waals surface area contributed by atoms with E-state index in [9.17, 15) is 0 Å². The molecule has 1 nitrogen and oxygen atoms in total. The zero-order valence-electron chi connectivity index (χ0n) is 6.40. The fraction of sp³-hybridized carbons (Fsp3) is 0.111. The van der Waals surface area contributed by atoms with Crippen molar-refractivity contribution in [1.29, 1.82) is 0 Å². The van der Waals surface area contributed by atoms with Crippen molar-refractivity contribution in [3.63, 3.8) is 0 Å². The first kappa shape index (κ1) is 12.2. The minimum atomic E-state index is 0. The van der Waals surface area contributed by atoms with Gasteiger partial charge in [-0.3, -0.25) is 0 Å². The first-order chi connectivity index (χ1) is 4.97. The fourth-order valence-corrected chi connectivity index (χ4v) is 1.08. The van der Waals surface area contributed by atoms with Gasteiger partial charge in [0.25, 0.3) is 0 Å². The van der Waals surface area contributed by atoms with Gasteiger partial charge in [0.2, 0.25) is 0 Å². The zero-order chi connectivity index (χ0) is 6.81. The molecule has 0 N–H and O–H groups in total. The second-order valence-electron chi connectivity index (χ2n) is 2.30. The SMILES string of the molecule is C1=COc2ccccc2C1.[Ni].[Pb]. The molecule has 1 heterocycles. The molecule has 0 atom stereocenters. The molecule has 64 valence electrons. The van der Waals surface area contributed by atoms with Crippen LogP contribution in [0.15, 0.2) is 36.6 Å². The van der Waals surface area contributed by atoms with Crippen molar-refractivity contribution in [2.75, 3.05) is 0 Å². The van der Waals surface area contributed by atoms with Gasteiger partial charge in [0.05, 0.1) is 6.26 Å². The summed E-state index contributed by atoms with van der Waals surface area (Å²) in [6, 6.07) is 8.08. The van der Waals surface area contributed by atoms with Crippen molar-refractivity contribution in [1.82, 2.24) is 0 Å². The molecular formula is C9H8NiOPb. The van der Waals surface area contributed by atoms with Crippen LogP contribution in [-0.4, -0.2) is 27.3 Å². The Morgan fingerprint density at radius 2 is 1.92 bits per heavy atom. The smallest absolute Gasteiger partial charge is 0.130 e. The van der Waals surface area contributed by atoms with Gasteiger partial charge in [0, 0.05) is 43.8 Å². The van der Waals surface area contributed by atoms with E-state index in [4.69, 9.17) is 4.74 Å². The van der Waals surface area contributed by atoms with Crippen LogP contribution in [0.4, 0.5) is 0 Å². The molecule has 1 aliphatic heterocycles. The van der Waals surface area contributed by atoms with Crippen molar-refractivity contribution in [2.45, 2.75) is 6.42 Å². The van der Waals surface area contributed by atoms with Crippen LogP contribution < -0.4 is 4.74 Å². The second-order valence-corrected chi connectivity index (χ2v) is 2.30. The molecular weight excluding hydrogens is 390 g/mol. The predicted octanol–water partition coefficient (Wildman–Crippen LogP) is 1.75. The van der Waals surface area contributed by atoms with Gasteiger partial charge in [-0.1, -0.05) is 18.2 Å². The Bertz CT molecular complexity index is 246. The van der Waals surface area contributed by atoms with Crippen LogP contribution in [0.25, 0.3) is 0 Å². The number of para-hydroxylation sites is 1. The van der Waals surface area contributed by atoms with E-state index < -0.39 is 0 Å². The van der Waals surface area contributed by atoms with Gasteiger partial charge in [-0.2, -0.15) is 0 Å². The molecule has 0 saturated carbocycles. The van der Waals surface area contributed by atoms with Gasteiger partial charge in [0.15, 0.2) is 0 Å². The Kier molecular flexibility index (Phi) is 5.84. The van der Waals surface area contributed by atoms with E-state index in [2.05, 4.69) is 6.07 Å². The Morgan fingerprint density at radius 1 is 1.17 bits per heavy atom. The molecule has 1 aliphatic rings. The third kappa shape index (κ3) is 2.59. The average Bonchev–Trinajstić information content (AvgIpc) is 2.05. The summed E-state index contributed by atoms with van der Waals surface area (Å²) in [7, 11) is 0. The minimum absolute atomic E-state index is 0. The molecule has 0 bridgehead atoms. The third-order valence-electron chi connectivity index (χ3n) is 1.60. The van der Waals surface area contributed by atoms with E-state index in [1.165, 1.54) is 5.56 Å². The number of rotatable bonds is 0. The van der Waals surface area contributed by atoms with E-state index in [0.29, 0.717) is 0 Å². The quantitative estimate of drug-likeness (QED) is 0.606. The van der Waals surface area contributed by atoms with Crippen molar-refractivity contribution < 1.29 is 21.2 Å². The Morgan fingerprint density at radius 3 is 2.67 bits per heavy atom.